The Hall–Kier alpha value is -1.82. The van der Waals surface area contributed by atoms with Crippen molar-refractivity contribution < 1.29 is 13.2 Å². The molecule has 0 radical (unpaired) electrons. The number of hydrogen-bond donors (Lipinski definition) is 1. The first-order valence-corrected chi connectivity index (χ1v) is 6.14. The third-order valence-corrected chi connectivity index (χ3v) is 3.40. The largest absolute Gasteiger partial charge is 0.338 e. The van der Waals surface area contributed by atoms with Gasteiger partial charge in [0.1, 0.15) is 11.6 Å². The standard InChI is InChI=1S/C13H6BrF3N2/c14-8-2-1-6(15)3-7(8)13-18-11-4-9(16)10(17)5-12(11)19-13/h1-5H,(H,18,19). The monoisotopic (exact) mass is 326 g/mol. The zero-order valence-corrected chi connectivity index (χ0v) is 10.9. The summed E-state index contributed by atoms with van der Waals surface area (Å²) in [6, 6.07) is 6.15. The summed E-state index contributed by atoms with van der Waals surface area (Å²) in [7, 11) is 0. The first-order chi connectivity index (χ1) is 9.04. The normalized spacial score (nSPS) is 11.2. The number of aromatic nitrogens is 2. The van der Waals surface area contributed by atoms with Gasteiger partial charge in [0, 0.05) is 22.2 Å². The molecular weight excluding hydrogens is 321 g/mol. The number of nitrogens with one attached hydrogen (secondary N) is 1. The van der Waals surface area contributed by atoms with E-state index < -0.39 is 17.5 Å². The van der Waals surface area contributed by atoms with Gasteiger partial charge in [0.2, 0.25) is 0 Å². The van der Waals surface area contributed by atoms with E-state index >= 15 is 0 Å². The van der Waals surface area contributed by atoms with Crippen LogP contribution in [0.5, 0.6) is 0 Å². The van der Waals surface area contributed by atoms with Crippen molar-refractivity contribution in [3.8, 4) is 11.4 Å². The van der Waals surface area contributed by atoms with E-state index in [0.29, 0.717) is 21.4 Å². The van der Waals surface area contributed by atoms with E-state index in [1.54, 1.807) is 6.07 Å². The van der Waals surface area contributed by atoms with E-state index in [9.17, 15) is 13.2 Å². The molecule has 2 aromatic carbocycles. The molecule has 0 atom stereocenters. The fraction of sp³-hybridized carbons (Fsp3) is 0. The first-order valence-electron chi connectivity index (χ1n) is 5.35. The molecule has 0 spiro atoms. The molecule has 0 unspecified atom stereocenters. The van der Waals surface area contributed by atoms with Crippen LogP contribution in [0, 0.1) is 17.5 Å². The second-order valence-corrected chi connectivity index (χ2v) is 4.85. The number of H-pyrrole nitrogens is 1. The second-order valence-electron chi connectivity index (χ2n) is 3.99. The van der Waals surface area contributed by atoms with Gasteiger partial charge < -0.3 is 4.98 Å². The second kappa shape index (κ2) is 4.38. The average molecular weight is 327 g/mol. The topological polar surface area (TPSA) is 28.7 Å². The lowest BCUT2D eigenvalue weighted by Crippen LogP contribution is -1.84. The molecule has 0 fully saturated rings. The lowest BCUT2D eigenvalue weighted by molar-refractivity contribution is 0.510. The van der Waals surface area contributed by atoms with Crippen LogP contribution in [0.4, 0.5) is 13.2 Å². The number of halogens is 4. The predicted octanol–water partition coefficient (Wildman–Crippen LogP) is 4.41. The Kier molecular flexibility index (Phi) is 2.82. The van der Waals surface area contributed by atoms with Crippen LogP contribution in [-0.4, -0.2) is 9.97 Å². The quantitative estimate of drug-likeness (QED) is 0.705. The summed E-state index contributed by atoms with van der Waals surface area (Å²) in [5.74, 6) is -2.01. The molecule has 0 saturated heterocycles. The summed E-state index contributed by atoms with van der Waals surface area (Å²) >= 11 is 3.28. The number of aromatic amines is 1. The zero-order chi connectivity index (χ0) is 13.6. The third-order valence-electron chi connectivity index (χ3n) is 2.71. The molecule has 1 heterocycles. The van der Waals surface area contributed by atoms with Crippen molar-refractivity contribution in [3.63, 3.8) is 0 Å². The number of fused-ring (bicyclic) bond motifs is 1. The Balaban J connectivity index is 2.23. The SMILES string of the molecule is Fc1ccc(Br)c(-c2nc3cc(F)c(F)cc3[nH]2)c1. The summed E-state index contributed by atoms with van der Waals surface area (Å²) in [6.07, 6.45) is 0. The van der Waals surface area contributed by atoms with Gasteiger partial charge in [0.25, 0.3) is 0 Å². The van der Waals surface area contributed by atoms with Crippen LogP contribution < -0.4 is 0 Å². The van der Waals surface area contributed by atoms with Crippen molar-refractivity contribution >= 4 is 27.0 Å². The maximum absolute atomic E-state index is 13.2. The van der Waals surface area contributed by atoms with E-state index in [0.717, 1.165) is 12.1 Å². The van der Waals surface area contributed by atoms with E-state index in [1.807, 2.05) is 0 Å². The van der Waals surface area contributed by atoms with Crippen molar-refractivity contribution in [2.45, 2.75) is 0 Å². The minimum Gasteiger partial charge on any atom is -0.338 e. The highest BCUT2D eigenvalue weighted by molar-refractivity contribution is 9.10. The maximum atomic E-state index is 13.2. The Morgan fingerprint density at radius 1 is 1.00 bits per heavy atom. The minimum absolute atomic E-state index is 0.282. The van der Waals surface area contributed by atoms with Crippen molar-refractivity contribution in [1.29, 1.82) is 0 Å². The van der Waals surface area contributed by atoms with Gasteiger partial charge in [0.05, 0.1) is 11.0 Å². The van der Waals surface area contributed by atoms with E-state index in [1.165, 1.54) is 12.1 Å². The molecule has 0 aliphatic carbocycles. The summed E-state index contributed by atoms with van der Waals surface area (Å²) in [6.45, 7) is 0. The molecule has 0 aliphatic rings. The lowest BCUT2D eigenvalue weighted by Gasteiger charge is -2.00. The smallest absolute Gasteiger partial charge is 0.161 e. The Labute approximate surface area is 114 Å². The highest BCUT2D eigenvalue weighted by Crippen LogP contribution is 2.29. The fourth-order valence-corrected chi connectivity index (χ4v) is 2.25. The summed E-state index contributed by atoms with van der Waals surface area (Å²) in [5, 5.41) is 0. The van der Waals surface area contributed by atoms with E-state index in [-0.39, 0.29) is 5.52 Å². The number of imidazole rings is 1. The van der Waals surface area contributed by atoms with E-state index in [2.05, 4.69) is 25.9 Å². The van der Waals surface area contributed by atoms with Gasteiger partial charge in [-0.2, -0.15) is 0 Å². The van der Waals surface area contributed by atoms with Gasteiger partial charge in [-0.25, -0.2) is 18.2 Å². The van der Waals surface area contributed by atoms with Crippen molar-refractivity contribution in [1.82, 2.24) is 9.97 Å². The molecule has 1 aromatic heterocycles. The number of benzene rings is 2. The minimum atomic E-state index is -0.969. The molecule has 0 saturated carbocycles. The molecule has 3 aromatic rings. The third kappa shape index (κ3) is 2.12. The molecule has 0 bridgehead atoms. The molecule has 0 aliphatic heterocycles. The first kappa shape index (κ1) is 12.2. The summed E-state index contributed by atoms with van der Waals surface area (Å²) < 4.78 is 40.1. The van der Waals surface area contributed by atoms with Gasteiger partial charge >= 0.3 is 0 Å². The summed E-state index contributed by atoms with van der Waals surface area (Å²) in [5.41, 5.74) is 1.12. The molecule has 1 N–H and O–H groups in total. The maximum Gasteiger partial charge on any atom is 0.161 e. The fourth-order valence-electron chi connectivity index (χ4n) is 1.81. The number of hydrogen-bond acceptors (Lipinski definition) is 1. The van der Waals surface area contributed by atoms with Crippen LogP contribution in [-0.2, 0) is 0 Å². The molecule has 0 amide bonds. The molecule has 3 rings (SSSR count). The van der Waals surface area contributed by atoms with Crippen LogP contribution in [0.25, 0.3) is 22.4 Å². The van der Waals surface area contributed by atoms with Crippen molar-refractivity contribution in [2.75, 3.05) is 0 Å². The number of rotatable bonds is 1. The molecular formula is C13H6BrF3N2. The van der Waals surface area contributed by atoms with Gasteiger partial charge in [-0.15, -0.1) is 0 Å². The van der Waals surface area contributed by atoms with Crippen LogP contribution >= 0.6 is 15.9 Å². The van der Waals surface area contributed by atoms with Gasteiger partial charge in [-0.3, -0.25) is 0 Å². The van der Waals surface area contributed by atoms with E-state index in [4.69, 9.17) is 0 Å². The Bertz CT molecular complexity index is 744. The highest BCUT2D eigenvalue weighted by atomic mass is 79.9. The molecule has 19 heavy (non-hydrogen) atoms. The van der Waals surface area contributed by atoms with Crippen LogP contribution in [0.3, 0.4) is 0 Å². The highest BCUT2D eigenvalue weighted by Gasteiger charge is 2.12. The van der Waals surface area contributed by atoms with Crippen LogP contribution in [0.2, 0.25) is 0 Å². The van der Waals surface area contributed by atoms with Crippen molar-refractivity contribution in [2.24, 2.45) is 0 Å². The predicted molar refractivity (Wildman–Crippen MR) is 69.1 cm³/mol. The van der Waals surface area contributed by atoms with Gasteiger partial charge in [-0.1, -0.05) is 15.9 Å². The molecule has 96 valence electrons. The zero-order valence-electron chi connectivity index (χ0n) is 9.35. The Morgan fingerprint density at radius 3 is 2.53 bits per heavy atom. The van der Waals surface area contributed by atoms with Crippen LogP contribution in [0.15, 0.2) is 34.8 Å². The molecule has 2 nitrogen and oxygen atoms in total. The molecule has 6 heteroatoms. The van der Waals surface area contributed by atoms with Crippen LogP contribution in [0.1, 0.15) is 0 Å². The van der Waals surface area contributed by atoms with Gasteiger partial charge in [0.15, 0.2) is 11.6 Å². The number of nitrogens with zero attached hydrogens (tertiary/aromatic N) is 1. The summed E-state index contributed by atoms with van der Waals surface area (Å²) in [4.78, 5) is 6.96. The lowest BCUT2D eigenvalue weighted by atomic mass is 10.2. The van der Waals surface area contributed by atoms with Gasteiger partial charge in [-0.05, 0) is 18.2 Å². The Morgan fingerprint density at radius 2 is 1.74 bits per heavy atom. The average Bonchev–Trinajstić information content (AvgIpc) is 2.75. The van der Waals surface area contributed by atoms with Crippen molar-refractivity contribution in [3.05, 3.63) is 52.3 Å².